The molecular weight excluding hydrogens is 430 g/mol. The molecular formula is C26H36F2O5. The number of aliphatic hydroxyl groups is 1. The molecule has 0 unspecified atom stereocenters. The number of ether oxygens (including phenoxy) is 2. The molecule has 33 heavy (non-hydrogen) atoms. The number of halogens is 2. The number of allylic oxidation sites excluding steroid dienone is 4. The molecule has 2 fully saturated rings. The van der Waals surface area contributed by atoms with Crippen molar-refractivity contribution in [1.82, 2.24) is 0 Å². The third kappa shape index (κ3) is 7.24. The zero-order valence-electron chi connectivity index (χ0n) is 19.2. The summed E-state index contributed by atoms with van der Waals surface area (Å²) < 4.78 is 40.3. The van der Waals surface area contributed by atoms with Gasteiger partial charge < -0.3 is 19.7 Å². The van der Waals surface area contributed by atoms with E-state index in [-0.39, 0.29) is 30.8 Å². The van der Waals surface area contributed by atoms with E-state index in [0.29, 0.717) is 25.2 Å². The highest BCUT2D eigenvalue weighted by Crippen LogP contribution is 2.52. The van der Waals surface area contributed by atoms with Gasteiger partial charge in [-0.05, 0) is 62.5 Å². The molecule has 0 aromatic heterocycles. The predicted octanol–water partition coefficient (Wildman–Crippen LogP) is 5.77. The molecule has 0 radical (unpaired) electrons. The Morgan fingerprint density at radius 2 is 2.15 bits per heavy atom. The first kappa shape index (κ1) is 25.6. The van der Waals surface area contributed by atoms with Gasteiger partial charge in [0.15, 0.2) is 0 Å². The minimum absolute atomic E-state index is 0.0977. The fraction of sp³-hybridized carbons (Fsp3) is 0.654. The van der Waals surface area contributed by atoms with E-state index >= 15 is 0 Å². The number of unbranched alkanes of at least 4 members (excludes halogenated alkanes) is 2. The van der Waals surface area contributed by atoms with Crippen LogP contribution in [0.25, 0.3) is 0 Å². The van der Waals surface area contributed by atoms with Gasteiger partial charge in [-0.2, -0.15) is 0 Å². The highest BCUT2D eigenvalue weighted by Gasteiger charge is 2.47. The molecule has 5 nitrogen and oxygen atoms in total. The SMILES string of the molecule is CCCCC(F)(F)[C@@H](O)/C=C/[C@H]1[C@H]2C/C(=C/CCCC(=O)O)C[C@H]2C[C@H]1O[C@@H]1C=CC=CO1. The van der Waals surface area contributed by atoms with Gasteiger partial charge in [0, 0.05) is 18.8 Å². The van der Waals surface area contributed by atoms with Crippen molar-refractivity contribution in [2.24, 2.45) is 17.8 Å². The zero-order chi connectivity index (χ0) is 23.8. The monoisotopic (exact) mass is 466 g/mol. The normalized spacial score (nSPS) is 31.3. The van der Waals surface area contributed by atoms with Crippen LogP contribution < -0.4 is 0 Å². The molecule has 3 aliphatic rings. The van der Waals surface area contributed by atoms with Crippen LogP contribution in [0.1, 0.15) is 64.7 Å². The van der Waals surface area contributed by atoms with Crippen molar-refractivity contribution in [3.8, 4) is 0 Å². The maximum atomic E-state index is 14.3. The number of carboxylic acid groups (broad SMARTS) is 1. The van der Waals surface area contributed by atoms with E-state index in [1.165, 1.54) is 11.6 Å². The number of fused-ring (bicyclic) bond motifs is 1. The second-order valence-electron chi connectivity index (χ2n) is 9.38. The zero-order valence-corrected chi connectivity index (χ0v) is 19.2. The quantitative estimate of drug-likeness (QED) is 0.282. The largest absolute Gasteiger partial charge is 0.481 e. The molecule has 0 amide bonds. The van der Waals surface area contributed by atoms with Crippen LogP contribution in [0.4, 0.5) is 8.78 Å². The third-order valence-corrected chi connectivity index (χ3v) is 6.91. The van der Waals surface area contributed by atoms with Crippen molar-refractivity contribution >= 4 is 5.97 Å². The number of rotatable bonds is 12. The van der Waals surface area contributed by atoms with E-state index in [4.69, 9.17) is 14.6 Å². The standard InChI is InChI=1S/C26H36F2O5/c1-2-3-13-26(27,28)23(29)12-11-20-21-16-18(8-4-5-9-24(30)31)15-19(21)17-22(20)33-25-10-6-7-14-32-25/h6-8,10-12,14,19-23,25,29H,2-5,9,13,15-17H2,1H3,(H,30,31)/b12-11+,18-8+/t19-,20-,21-,22+,23-,25+/m0/s1. The maximum Gasteiger partial charge on any atom is 0.303 e. The third-order valence-electron chi connectivity index (χ3n) is 6.91. The van der Waals surface area contributed by atoms with Gasteiger partial charge in [-0.1, -0.05) is 43.2 Å². The van der Waals surface area contributed by atoms with E-state index in [1.807, 2.05) is 19.1 Å². The lowest BCUT2D eigenvalue weighted by atomic mass is 9.90. The summed E-state index contributed by atoms with van der Waals surface area (Å²) in [5, 5.41) is 19.0. The average molecular weight is 467 g/mol. The van der Waals surface area contributed by atoms with Gasteiger partial charge in [0.2, 0.25) is 6.29 Å². The maximum absolute atomic E-state index is 14.3. The summed E-state index contributed by atoms with van der Waals surface area (Å²) in [5.41, 5.74) is 1.30. The fourth-order valence-electron chi connectivity index (χ4n) is 5.17. The lowest BCUT2D eigenvalue weighted by Crippen LogP contribution is -2.32. The Bertz CT molecular complexity index is 773. The van der Waals surface area contributed by atoms with Crippen molar-refractivity contribution in [1.29, 1.82) is 0 Å². The van der Waals surface area contributed by atoms with E-state index < -0.39 is 24.3 Å². The summed E-state index contributed by atoms with van der Waals surface area (Å²) in [6, 6.07) is 0. The Kier molecular flexibility index (Phi) is 9.27. The summed E-state index contributed by atoms with van der Waals surface area (Å²) in [6.07, 6.45) is 14.4. The van der Waals surface area contributed by atoms with Crippen molar-refractivity contribution in [3.05, 3.63) is 48.3 Å². The van der Waals surface area contributed by atoms with Crippen LogP contribution in [0.15, 0.2) is 48.3 Å². The molecule has 6 atom stereocenters. The molecule has 0 spiro atoms. The Morgan fingerprint density at radius 1 is 1.33 bits per heavy atom. The summed E-state index contributed by atoms with van der Waals surface area (Å²) >= 11 is 0. The van der Waals surface area contributed by atoms with Gasteiger partial charge in [0.25, 0.3) is 5.92 Å². The van der Waals surface area contributed by atoms with E-state index in [1.54, 1.807) is 18.4 Å². The van der Waals surface area contributed by atoms with Crippen LogP contribution in [0.3, 0.4) is 0 Å². The minimum Gasteiger partial charge on any atom is -0.481 e. The number of alkyl halides is 2. The number of carbonyl (C=O) groups is 1. The first-order valence-electron chi connectivity index (χ1n) is 12.1. The van der Waals surface area contributed by atoms with Gasteiger partial charge in [0.05, 0.1) is 12.4 Å². The van der Waals surface area contributed by atoms with Crippen LogP contribution in [-0.4, -0.2) is 40.6 Å². The van der Waals surface area contributed by atoms with Crippen LogP contribution in [0.5, 0.6) is 0 Å². The second kappa shape index (κ2) is 11.9. The summed E-state index contributed by atoms with van der Waals surface area (Å²) in [5.74, 6) is -3.41. The average Bonchev–Trinajstić information content (AvgIpc) is 3.31. The lowest BCUT2D eigenvalue weighted by molar-refractivity contribution is -0.137. The molecule has 0 saturated heterocycles. The number of hydrogen-bond acceptors (Lipinski definition) is 4. The smallest absolute Gasteiger partial charge is 0.303 e. The molecule has 0 aromatic rings. The van der Waals surface area contributed by atoms with E-state index in [9.17, 15) is 18.7 Å². The van der Waals surface area contributed by atoms with Gasteiger partial charge in [0.1, 0.15) is 6.10 Å². The van der Waals surface area contributed by atoms with Gasteiger partial charge >= 0.3 is 5.97 Å². The highest BCUT2D eigenvalue weighted by molar-refractivity contribution is 5.66. The molecule has 7 heteroatoms. The lowest BCUT2D eigenvalue weighted by Gasteiger charge is -2.26. The fourth-order valence-corrected chi connectivity index (χ4v) is 5.17. The molecule has 0 bridgehead atoms. The van der Waals surface area contributed by atoms with Gasteiger partial charge in [-0.15, -0.1) is 0 Å². The van der Waals surface area contributed by atoms with E-state index in [2.05, 4.69) is 6.08 Å². The predicted molar refractivity (Wildman–Crippen MR) is 122 cm³/mol. The van der Waals surface area contributed by atoms with Crippen molar-refractivity contribution in [3.63, 3.8) is 0 Å². The van der Waals surface area contributed by atoms with Crippen molar-refractivity contribution in [2.75, 3.05) is 0 Å². The molecule has 0 aromatic carbocycles. The molecule has 1 aliphatic heterocycles. The topological polar surface area (TPSA) is 76.0 Å². The Morgan fingerprint density at radius 3 is 2.85 bits per heavy atom. The summed E-state index contributed by atoms with van der Waals surface area (Å²) in [7, 11) is 0. The Balaban J connectivity index is 1.67. The van der Waals surface area contributed by atoms with Crippen molar-refractivity contribution in [2.45, 2.75) is 89.1 Å². The molecule has 184 valence electrons. The second-order valence-corrected chi connectivity index (χ2v) is 9.38. The number of aliphatic carboxylic acids is 1. The van der Waals surface area contributed by atoms with Gasteiger partial charge in [-0.25, -0.2) is 8.78 Å². The first-order chi connectivity index (χ1) is 15.8. The van der Waals surface area contributed by atoms with Gasteiger partial charge in [-0.3, -0.25) is 4.79 Å². The number of hydrogen-bond donors (Lipinski definition) is 2. The minimum atomic E-state index is -3.15. The molecule has 2 saturated carbocycles. The summed E-state index contributed by atoms with van der Waals surface area (Å²) in [6.45, 7) is 1.85. The Hall–Kier alpha value is -1.99. The van der Waals surface area contributed by atoms with Crippen LogP contribution in [0, 0.1) is 17.8 Å². The van der Waals surface area contributed by atoms with Crippen LogP contribution in [-0.2, 0) is 14.3 Å². The number of aliphatic hydroxyl groups excluding tert-OH is 1. The van der Waals surface area contributed by atoms with Crippen molar-refractivity contribution < 1.29 is 33.3 Å². The first-order valence-corrected chi connectivity index (χ1v) is 12.1. The molecule has 2 N–H and O–H groups in total. The highest BCUT2D eigenvalue weighted by atomic mass is 19.3. The van der Waals surface area contributed by atoms with E-state index in [0.717, 1.165) is 25.7 Å². The summed E-state index contributed by atoms with van der Waals surface area (Å²) in [4.78, 5) is 10.7. The number of carboxylic acids is 1. The van der Waals surface area contributed by atoms with Crippen LogP contribution >= 0.6 is 0 Å². The Labute approximate surface area is 194 Å². The molecule has 2 aliphatic carbocycles. The molecule has 1 heterocycles. The van der Waals surface area contributed by atoms with Crippen LogP contribution in [0.2, 0.25) is 0 Å². The molecule has 3 rings (SSSR count).